The van der Waals surface area contributed by atoms with Crippen LogP contribution >= 0.6 is 11.6 Å². The largest absolute Gasteiger partial charge is 0.324 e. The molecule has 0 aliphatic carbocycles. The quantitative estimate of drug-likeness (QED) is 0.368. The van der Waals surface area contributed by atoms with Gasteiger partial charge < -0.3 is 5.32 Å². The second-order valence-electron chi connectivity index (χ2n) is 4.60. The van der Waals surface area contributed by atoms with Crippen LogP contribution < -0.4 is 16.6 Å². The summed E-state index contributed by atoms with van der Waals surface area (Å²) in [5.41, 5.74) is 4.60. The molecule has 9 heteroatoms. The molecule has 2 aromatic carbocycles. The molecule has 3 rings (SSSR count). The standard InChI is InChI=1S/C15H13ClN8/c16-13-19-14(21-15(20-13)22-17)18-10-6-8-12(9-7-10)24-23-11-4-2-1-3-5-11/h1-9H,17H2,(H2,18,19,20,21,22). The monoisotopic (exact) mass is 340 g/mol. The lowest BCUT2D eigenvalue weighted by Crippen LogP contribution is -2.12. The van der Waals surface area contributed by atoms with Crippen LogP contribution in [-0.4, -0.2) is 15.0 Å². The van der Waals surface area contributed by atoms with E-state index in [4.69, 9.17) is 17.4 Å². The number of aromatic nitrogens is 3. The lowest BCUT2D eigenvalue weighted by atomic mass is 10.3. The van der Waals surface area contributed by atoms with E-state index >= 15 is 0 Å². The number of hydrazine groups is 1. The first-order valence-electron chi connectivity index (χ1n) is 6.95. The van der Waals surface area contributed by atoms with Crippen LogP contribution in [-0.2, 0) is 0 Å². The maximum absolute atomic E-state index is 5.79. The fourth-order valence-electron chi connectivity index (χ4n) is 1.82. The molecule has 0 fully saturated rings. The summed E-state index contributed by atoms with van der Waals surface area (Å²) in [4.78, 5) is 11.8. The third-order valence-corrected chi connectivity index (χ3v) is 3.07. The van der Waals surface area contributed by atoms with E-state index < -0.39 is 0 Å². The van der Waals surface area contributed by atoms with Gasteiger partial charge in [0.05, 0.1) is 11.4 Å². The summed E-state index contributed by atoms with van der Waals surface area (Å²) < 4.78 is 0. The maximum Gasteiger partial charge on any atom is 0.243 e. The maximum atomic E-state index is 5.79. The zero-order valence-electron chi connectivity index (χ0n) is 12.4. The van der Waals surface area contributed by atoms with Crippen LogP contribution in [0.25, 0.3) is 0 Å². The Morgan fingerprint density at radius 1 is 0.792 bits per heavy atom. The second-order valence-corrected chi connectivity index (χ2v) is 4.94. The summed E-state index contributed by atoms with van der Waals surface area (Å²) in [5.74, 6) is 5.72. The minimum Gasteiger partial charge on any atom is -0.324 e. The van der Waals surface area contributed by atoms with E-state index in [2.05, 4.69) is 35.9 Å². The Bertz CT molecular complexity index is 836. The highest BCUT2D eigenvalue weighted by molar-refractivity contribution is 6.28. The molecular weight excluding hydrogens is 328 g/mol. The number of anilines is 3. The van der Waals surface area contributed by atoms with Crippen LogP contribution in [0.15, 0.2) is 64.8 Å². The number of halogens is 1. The van der Waals surface area contributed by atoms with Gasteiger partial charge >= 0.3 is 0 Å². The van der Waals surface area contributed by atoms with E-state index in [-0.39, 0.29) is 17.2 Å². The number of nitrogens with one attached hydrogen (secondary N) is 2. The average molecular weight is 341 g/mol. The van der Waals surface area contributed by atoms with Crippen molar-refractivity contribution in [2.75, 3.05) is 10.7 Å². The first kappa shape index (κ1) is 15.8. The van der Waals surface area contributed by atoms with Crippen molar-refractivity contribution in [3.8, 4) is 0 Å². The zero-order valence-corrected chi connectivity index (χ0v) is 13.1. The molecule has 1 aromatic heterocycles. The molecule has 0 aliphatic heterocycles. The highest BCUT2D eigenvalue weighted by atomic mass is 35.5. The van der Waals surface area contributed by atoms with Crippen molar-refractivity contribution < 1.29 is 0 Å². The van der Waals surface area contributed by atoms with Gasteiger partial charge in [0, 0.05) is 5.69 Å². The molecule has 0 saturated heterocycles. The molecule has 0 bridgehead atoms. The van der Waals surface area contributed by atoms with Crippen LogP contribution in [0.5, 0.6) is 0 Å². The molecule has 0 unspecified atom stereocenters. The molecule has 0 aliphatic rings. The summed E-state index contributed by atoms with van der Waals surface area (Å²) >= 11 is 5.79. The van der Waals surface area contributed by atoms with Gasteiger partial charge in [-0.2, -0.15) is 25.2 Å². The molecule has 8 nitrogen and oxygen atoms in total. The number of benzene rings is 2. The van der Waals surface area contributed by atoms with Gasteiger partial charge in [0.15, 0.2) is 0 Å². The molecule has 0 radical (unpaired) electrons. The van der Waals surface area contributed by atoms with Gasteiger partial charge in [-0.25, -0.2) is 5.84 Å². The topological polar surface area (TPSA) is 113 Å². The number of nitrogen functional groups attached to an aromatic ring is 1. The second kappa shape index (κ2) is 7.44. The zero-order chi connectivity index (χ0) is 16.8. The molecule has 1 heterocycles. The van der Waals surface area contributed by atoms with Gasteiger partial charge in [0.2, 0.25) is 17.2 Å². The first-order chi connectivity index (χ1) is 11.7. The third-order valence-electron chi connectivity index (χ3n) is 2.90. The third kappa shape index (κ3) is 4.22. The lowest BCUT2D eigenvalue weighted by Gasteiger charge is -2.06. The van der Waals surface area contributed by atoms with Crippen molar-refractivity contribution in [1.29, 1.82) is 0 Å². The van der Waals surface area contributed by atoms with Gasteiger partial charge in [-0.1, -0.05) is 18.2 Å². The number of nitrogens with two attached hydrogens (primary N) is 1. The Morgan fingerprint density at radius 2 is 1.42 bits per heavy atom. The van der Waals surface area contributed by atoms with Crippen molar-refractivity contribution in [1.82, 2.24) is 15.0 Å². The average Bonchev–Trinajstić information content (AvgIpc) is 2.61. The summed E-state index contributed by atoms with van der Waals surface area (Å²) in [6.45, 7) is 0. The summed E-state index contributed by atoms with van der Waals surface area (Å²) in [7, 11) is 0. The van der Waals surface area contributed by atoms with Crippen LogP contribution in [0.3, 0.4) is 0 Å². The molecular formula is C15H13ClN8. The smallest absolute Gasteiger partial charge is 0.243 e. The minimum atomic E-state index is 0.0359. The minimum absolute atomic E-state index is 0.0359. The van der Waals surface area contributed by atoms with E-state index in [0.717, 1.165) is 17.1 Å². The van der Waals surface area contributed by atoms with E-state index in [1.807, 2.05) is 54.6 Å². The van der Waals surface area contributed by atoms with Crippen molar-refractivity contribution >= 4 is 40.6 Å². The van der Waals surface area contributed by atoms with Crippen molar-refractivity contribution in [3.05, 3.63) is 59.9 Å². The van der Waals surface area contributed by atoms with Gasteiger partial charge in [-0.15, -0.1) is 0 Å². The number of nitrogens with zero attached hydrogens (tertiary/aromatic N) is 5. The summed E-state index contributed by atoms with van der Waals surface area (Å²) in [5, 5.41) is 11.4. The number of hydrogen-bond donors (Lipinski definition) is 3. The Kier molecular flexibility index (Phi) is 4.90. The SMILES string of the molecule is NNc1nc(Cl)nc(Nc2ccc(N=Nc3ccccc3)cc2)n1. The summed E-state index contributed by atoms with van der Waals surface area (Å²) in [6.07, 6.45) is 0. The molecule has 4 N–H and O–H groups in total. The summed E-state index contributed by atoms with van der Waals surface area (Å²) in [6, 6.07) is 16.8. The highest BCUT2D eigenvalue weighted by Crippen LogP contribution is 2.21. The molecule has 24 heavy (non-hydrogen) atoms. The van der Waals surface area contributed by atoms with Crippen molar-refractivity contribution in [2.45, 2.75) is 0 Å². The van der Waals surface area contributed by atoms with Crippen molar-refractivity contribution in [3.63, 3.8) is 0 Å². The van der Waals surface area contributed by atoms with E-state index in [0.29, 0.717) is 0 Å². The first-order valence-corrected chi connectivity index (χ1v) is 7.33. The number of hydrogen-bond acceptors (Lipinski definition) is 8. The van der Waals surface area contributed by atoms with Crippen LogP contribution in [0.2, 0.25) is 5.28 Å². The van der Waals surface area contributed by atoms with Gasteiger partial charge in [0.1, 0.15) is 0 Å². The van der Waals surface area contributed by atoms with E-state index in [1.54, 1.807) is 0 Å². The van der Waals surface area contributed by atoms with Crippen LogP contribution in [0, 0.1) is 0 Å². The van der Waals surface area contributed by atoms with Gasteiger partial charge in [-0.3, -0.25) is 5.43 Å². The predicted octanol–water partition coefficient (Wildman–Crippen LogP) is 3.97. The lowest BCUT2D eigenvalue weighted by molar-refractivity contribution is 1.04. The van der Waals surface area contributed by atoms with Gasteiger partial charge in [0.25, 0.3) is 0 Å². The highest BCUT2D eigenvalue weighted by Gasteiger charge is 2.04. The molecule has 120 valence electrons. The normalized spacial score (nSPS) is 10.8. The van der Waals surface area contributed by atoms with Crippen LogP contribution in [0.4, 0.5) is 29.0 Å². The number of azo groups is 1. The number of rotatable bonds is 5. The molecule has 0 atom stereocenters. The fraction of sp³-hybridized carbons (Fsp3) is 0. The predicted molar refractivity (Wildman–Crippen MR) is 93.0 cm³/mol. The fourth-order valence-corrected chi connectivity index (χ4v) is 1.98. The molecule has 0 spiro atoms. The van der Waals surface area contributed by atoms with Gasteiger partial charge in [-0.05, 0) is 48.0 Å². The molecule has 3 aromatic rings. The Balaban J connectivity index is 1.71. The Morgan fingerprint density at radius 3 is 2.08 bits per heavy atom. The van der Waals surface area contributed by atoms with E-state index in [1.165, 1.54) is 0 Å². The van der Waals surface area contributed by atoms with Crippen LogP contribution in [0.1, 0.15) is 0 Å². The van der Waals surface area contributed by atoms with Crippen molar-refractivity contribution in [2.24, 2.45) is 16.1 Å². The molecule has 0 amide bonds. The Hall–Kier alpha value is -3.10. The Labute approximate surface area is 142 Å². The molecule has 0 saturated carbocycles. The van der Waals surface area contributed by atoms with E-state index in [9.17, 15) is 0 Å².